The Morgan fingerprint density at radius 2 is 1.89 bits per heavy atom. The van der Waals surface area contributed by atoms with E-state index in [0.29, 0.717) is 18.6 Å². The predicted octanol–water partition coefficient (Wildman–Crippen LogP) is 3.07. The lowest BCUT2D eigenvalue weighted by Gasteiger charge is -2.06. The van der Waals surface area contributed by atoms with Gasteiger partial charge in [-0.05, 0) is 17.7 Å². The second kappa shape index (κ2) is 5.12. The minimum absolute atomic E-state index is 0.113. The molecule has 1 fully saturated rings. The second-order valence-corrected chi connectivity index (χ2v) is 4.26. The molecule has 1 aromatic carbocycles. The molecule has 1 unspecified atom stereocenters. The fourth-order valence-corrected chi connectivity index (χ4v) is 1.79. The summed E-state index contributed by atoms with van der Waals surface area (Å²) < 4.78 is 42.0. The quantitative estimate of drug-likeness (QED) is 0.883. The van der Waals surface area contributed by atoms with E-state index in [4.69, 9.17) is 9.84 Å². The molecular formula is C13H13F3O2. The van der Waals surface area contributed by atoms with Gasteiger partial charge in [0.05, 0.1) is 12.2 Å². The summed E-state index contributed by atoms with van der Waals surface area (Å²) in [5, 5.41) is 9.14. The van der Waals surface area contributed by atoms with Crippen molar-refractivity contribution >= 4 is 6.08 Å². The summed E-state index contributed by atoms with van der Waals surface area (Å²) in [6.45, 7) is 0.443. The van der Waals surface area contributed by atoms with Crippen molar-refractivity contribution < 1.29 is 23.0 Å². The van der Waals surface area contributed by atoms with E-state index in [1.165, 1.54) is 12.1 Å². The molecule has 0 aliphatic carbocycles. The Hall–Kier alpha value is -1.33. The number of aliphatic hydroxyl groups is 1. The molecule has 0 radical (unpaired) electrons. The van der Waals surface area contributed by atoms with Gasteiger partial charge in [0, 0.05) is 12.3 Å². The first-order chi connectivity index (χ1) is 8.45. The van der Waals surface area contributed by atoms with Crippen LogP contribution in [-0.4, -0.2) is 18.0 Å². The highest BCUT2D eigenvalue weighted by atomic mass is 19.4. The van der Waals surface area contributed by atoms with Crippen LogP contribution in [0.25, 0.3) is 6.08 Å². The highest BCUT2D eigenvalue weighted by Gasteiger charge is 2.29. The monoisotopic (exact) mass is 258 g/mol. The molecule has 2 rings (SSSR count). The molecule has 2 atom stereocenters. The van der Waals surface area contributed by atoms with E-state index in [-0.39, 0.29) is 5.92 Å². The van der Waals surface area contributed by atoms with Gasteiger partial charge in [-0.15, -0.1) is 0 Å². The van der Waals surface area contributed by atoms with Gasteiger partial charge >= 0.3 is 6.18 Å². The second-order valence-electron chi connectivity index (χ2n) is 4.26. The summed E-state index contributed by atoms with van der Waals surface area (Å²) in [5.74, 6) is 0.113. The number of benzene rings is 1. The third-order valence-corrected chi connectivity index (χ3v) is 2.81. The van der Waals surface area contributed by atoms with Crippen LogP contribution in [-0.2, 0) is 10.9 Å². The van der Waals surface area contributed by atoms with E-state index >= 15 is 0 Å². The van der Waals surface area contributed by atoms with E-state index in [0.717, 1.165) is 12.1 Å². The minimum Gasteiger partial charge on any atom is -0.368 e. The van der Waals surface area contributed by atoms with E-state index in [1.54, 1.807) is 6.08 Å². The van der Waals surface area contributed by atoms with Gasteiger partial charge in [0.25, 0.3) is 0 Å². The number of hydrogen-bond donors (Lipinski definition) is 1. The van der Waals surface area contributed by atoms with Crippen molar-refractivity contribution in [3.8, 4) is 0 Å². The summed E-state index contributed by atoms with van der Waals surface area (Å²) >= 11 is 0. The fourth-order valence-electron chi connectivity index (χ4n) is 1.79. The molecule has 1 aliphatic heterocycles. The number of hydrogen-bond acceptors (Lipinski definition) is 2. The Morgan fingerprint density at radius 1 is 1.22 bits per heavy atom. The molecule has 0 spiro atoms. The van der Waals surface area contributed by atoms with Gasteiger partial charge in [-0.2, -0.15) is 13.2 Å². The molecule has 1 aliphatic rings. The summed E-state index contributed by atoms with van der Waals surface area (Å²) in [6.07, 6.45) is -0.916. The van der Waals surface area contributed by atoms with Crippen LogP contribution >= 0.6 is 0 Å². The van der Waals surface area contributed by atoms with Crippen molar-refractivity contribution in [1.82, 2.24) is 0 Å². The first-order valence-corrected chi connectivity index (χ1v) is 5.60. The zero-order valence-corrected chi connectivity index (χ0v) is 9.52. The maximum Gasteiger partial charge on any atom is 0.416 e. The van der Waals surface area contributed by atoms with Crippen molar-refractivity contribution in [3.63, 3.8) is 0 Å². The molecule has 0 aromatic heterocycles. The van der Waals surface area contributed by atoms with Gasteiger partial charge in [0.15, 0.2) is 6.29 Å². The first-order valence-electron chi connectivity index (χ1n) is 5.60. The predicted molar refractivity (Wildman–Crippen MR) is 60.5 cm³/mol. The molecule has 18 heavy (non-hydrogen) atoms. The Labute approximate surface area is 103 Å². The van der Waals surface area contributed by atoms with E-state index in [9.17, 15) is 13.2 Å². The van der Waals surface area contributed by atoms with E-state index in [1.807, 2.05) is 6.08 Å². The summed E-state index contributed by atoms with van der Waals surface area (Å²) in [5.41, 5.74) is 0.0451. The molecule has 2 nitrogen and oxygen atoms in total. The first kappa shape index (κ1) is 13.1. The summed E-state index contributed by atoms with van der Waals surface area (Å²) in [4.78, 5) is 0. The lowest BCUT2D eigenvalue weighted by Crippen LogP contribution is -2.04. The van der Waals surface area contributed by atoms with Gasteiger partial charge < -0.3 is 9.84 Å². The van der Waals surface area contributed by atoms with Crippen LogP contribution in [0.5, 0.6) is 0 Å². The van der Waals surface area contributed by atoms with Gasteiger partial charge in [-0.1, -0.05) is 24.3 Å². The lowest BCUT2D eigenvalue weighted by molar-refractivity contribution is -0.137. The van der Waals surface area contributed by atoms with Crippen LogP contribution in [0.3, 0.4) is 0 Å². The molecule has 0 bridgehead atoms. The highest BCUT2D eigenvalue weighted by Crippen LogP contribution is 2.29. The van der Waals surface area contributed by atoms with Crippen LogP contribution in [0, 0.1) is 5.92 Å². The van der Waals surface area contributed by atoms with E-state index in [2.05, 4.69) is 0 Å². The number of ether oxygens (including phenoxy) is 1. The molecule has 0 amide bonds. The summed E-state index contributed by atoms with van der Waals surface area (Å²) in [6, 6.07) is 4.95. The fraction of sp³-hybridized carbons (Fsp3) is 0.385. The third kappa shape index (κ3) is 3.34. The summed E-state index contributed by atoms with van der Waals surface area (Å²) in [7, 11) is 0. The Morgan fingerprint density at radius 3 is 2.39 bits per heavy atom. The standard InChI is InChI=1S/C13H13F3O2/c14-13(15,16)11-5-3-9(4-6-11)1-2-10-7-12(17)18-8-10/h1-6,10,12,17H,7-8H2/b2-1+/t10-,12?/m0/s1. The van der Waals surface area contributed by atoms with Gasteiger partial charge in [0.2, 0.25) is 0 Å². The van der Waals surface area contributed by atoms with Crippen molar-refractivity contribution in [2.75, 3.05) is 6.61 Å². The van der Waals surface area contributed by atoms with Crippen LogP contribution in [0.1, 0.15) is 17.5 Å². The Kier molecular flexibility index (Phi) is 3.73. The largest absolute Gasteiger partial charge is 0.416 e. The highest BCUT2D eigenvalue weighted by molar-refractivity contribution is 5.50. The number of rotatable bonds is 2. The van der Waals surface area contributed by atoms with Crippen LogP contribution < -0.4 is 0 Å². The average Bonchev–Trinajstić information content (AvgIpc) is 2.72. The Bertz CT molecular complexity index is 423. The maximum atomic E-state index is 12.3. The van der Waals surface area contributed by atoms with Crippen LogP contribution in [0.2, 0.25) is 0 Å². The normalized spacial score (nSPS) is 24.9. The van der Waals surface area contributed by atoms with Gasteiger partial charge in [-0.25, -0.2) is 0 Å². The van der Waals surface area contributed by atoms with Crippen molar-refractivity contribution in [1.29, 1.82) is 0 Å². The molecule has 1 aromatic rings. The molecule has 1 N–H and O–H groups in total. The topological polar surface area (TPSA) is 29.5 Å². The van der Waals surface area contributed by atoms with Gasteiger partial charge in [0.1, 0.15) is 0 Å². The minimum atomic E-state index is -4.30. The van der Waals surface area contributed by atoms with E-state index < -0.39 is 18.0 Å². The maximum absolute atomic E-state index is 12.3. The molecule has 0 saturated carbocycles. The van der Waals surface area contributed by atoms with Crippen LogP contribution in [0.4, 0.5) is 13.2 Å². The zero-order chi connectivity index (χ0) is 13.2. The molecular weight excluding hydrogens is 245 g/mol. The number of alkyl halides is 3. The SMILES string of the molecule is OC1C[C@H](/C=C/c2ccc(C(F)(F)F)cc2)CO1. The number of halogens is 3. The molecule has 5 heteroatoms. The van der Waals surface area contributed by atoms with Crippen molar-refractivity contribution in [2.24, 2.45) is 5.92 Å². The average molecular weight is 258 g/mol. The zero-order valence-electron chi connectivity index (χ0n) is 9.52. The Balaban J connectivity index is 2.00. The number of aliphatic hydroxyl groups excluding tert-OH is 1. The molecule has 98 valence electrons. The van der Waals surface area contributed by atoms with Crippen LogP contribution in [0.15, 0.2) is 30.3 Å². The molecule has 1 heterocycles. The smallest absolute Gasteiger partial charge is 0.368 e. The van der Waals surface area contributed by atoms with Crippen molar-refractivity contribution in [3.05, 3.63) is 41.5 Å². The molecule has 1 saturated heterocycles. The van der Waals surface area contributed by atoms with Gasteiger partial charge in [-0.3, -0.25) is 0 Å². The van der Waals surface area contributed by atoms with Crippen molar-refractivity contribution in [2.45, 2.75) is 18.9 Å². The third-order valence-electron chi connectivity index (χ3n) is 2.81. The lowest BCUT2D eigenvalue weighted by atomic mass is 10.1.